The van der Waals surface area contributed by atoms with Gasteiger partial charge >= 0.3 is 0 Å². The summed E-state index contributed by atoms with van der Waals surface area (Å²) in [5, 5.41) is 3.38. The second-order valence-electron chi connectivity index (χ2n) is 4.89. The normalized spacial score (nSPS) is 19.3. The minimum absolute atomic E-state index is 0.319. The average molecular weight is 316 g/mol. The van der Waals surface area contributed by atoms with Crippen LogP contribution >= 0.6 is 15.9 Å². The monoisotopic (exact) mass is 315 g/mol. The minimum atomic E-state index is 0.319. The summed E-state index contributed by atoms with van der Waals surface area (Å²) < 4.78 is 6.42. The van der Waals surface area contributed by atoms with Crippen molar-refractivity contribution in [2.75, 3.05) is 46.3 Å². The Bertz CT molecular complexity index is 363. The van der Waals surface area contributed by atoms with Gasteiger partial charge in [0.1, 0.15) is 5.76 Å². The molecule has 0 bridgehead atoms. The molecule has 18 heavy (non-hydrogen) atoms. The molecule has 1 saturated heterocycles. The third kappa shape index (κ3) is 3.82. The maximum Gasteiger partial charge on any atom is 0.169 e. The van der Waals surface area contributed by atoms with Gasteiger partial charge in [-0.05, 0) is 42.0 Å². The van der Waals surface area contributed by atoms with Gasteiger partial charge in [0.05, 0.1) is 6.04 Å². The van der Waals surface area contributed by atoms with Crippen LogP contribution in [0.1, 0.15) is 18.7 Å². The van der Waals surface area contributed by atoms with Crippen LogP contribution in [0.25, 0.3) is 0 Å². The van der Waals surface area contributed by atoms with Crippen molar-refractivity contribution in [1.29, 1.82) is 0 Å². The molecule has 1 aromatic heterocycles. The lowest BCUT2D eigenvalue weighted by Gasteiger charge is -2.30. The van der Waals surface area contributed by atoms with E-state index in [9.17, 15) is 0 Å². The number of furan rings is 1. The van der Waals surface area contributed by atoms with E-state index in [0.29, 0.717) is 6.04 Å². The number of halogens is 1. The van der Waals surface area contributed by atoms with Crippen molar-refractivity contribution in [3.8, 4) is 0 Å². The molecule has 1 aromatic rings. The number of nitrogens with one attached hydrogen (secondary N) is 1. The topological polar surface area (TPSA) is 31.7 Å². The lowest BCUT2D eigenvalue weighted by atomic mass is 10.2. The summed E-state index contributed by atoms with van der Waals surface area (Å²) in [6.07, 6.45) is 0. The zero-order chi connectivity index (χ0) is 13.0. The van der Waals surface area contributed by atoms with E-state index in [4.69, 9.17) is 4.42 Å². The molecule has 0 aliphatic carbocycles. The van der Waals surface area contributed by atoms with Gasteiger partial charge in [-0.3, -0.25) is 9.80 Å². The number of hydrogen-bond acceptors (Lipinski definition) is 4. The van der Waals surface area contributed by atoms with Gasteiger partial charge in [-0.25, -0.2) is 0 Å². The summed E-state index contributed by atoms with van der Waals surface area (Å²) in [5.74, 6) is 1.02. The molecule has 102 valence electrons. The summed E-state index contributed by atoms with van der Waals surface area (Å²) in [7, 11) is 2.16. The third-order valence-electron chi connectivity index (χ3n) is 3.65. The molecule has 1 unspecified atom stereocenters. The first kappa shape index (κ1) is 14.1. The number of hydrogen-bond donors (Lipinski definition) is 1. The van der Waals surface area contributed by atoms with Crippen LogP contribution in [0.3, 0.4) is 0 Å². The highest BCUT2D eigenvalue weighted by Gasteiger charge is 2.16. The van der Waals surface area contributed by atoms with E-state index in [1.54, 1.807) is 0 Å². The molecular formula is C13H22BrN3O. The number of rotatable bonds is 5. The van der Waals surface area contributed by atoms with Crippen LogP contribution in [0.4, 0.5) is 0 Å². The average Bonchev–Trinajstić information content (AvgIpc) is 2.83. The van der Waals surface area contributed by atoms with Crippen LogP contribution in [-0.4, -0.2) is 56.1 Å². The van der Waals surface area contributed by atoms with Crippen LogP contribution in [0.15, 0.2) is 21.2 Å². The number of nitrogens with zero attached hydrogens (tertiary/aromatic N) is 2. The molecule has 1 fully saturated rings. The van der Waals surface area contributed by atoms with Crippen molar-refractivity contribution in [2.45, 2.75) is 13.0 Å². The van der Waals surface area contributed by atoms with E-state index in [-0.39, 0.29) is 0 Å². The van der Waals surface area contributed by atoms with E-state index >= 15 is 0 Å². The van der Waals surface area contributed by atoms with Gasteiger partial charge < -0.3 is 9.73 Å². The number of likely N-dealkylation sites (N-methyl/N-ethyl adjacent to an activating group) is 1. The van der Waals surface area contributed by atoms with Crippen LogP contribution in [0.2, 0.25) is 0 Å². The highest BCUT2D eigenvalue weighted by Crippen LogP contribution is 2.23. The maximum atomic E-state index is 5.61. The van der Waals surface area contributed by atoms with E-state index < -0.39 is 0 Å². The number of piperazine rings is 1. The first-order valence-corrected chi connectivity index (χ1v) is 7.34. The first-order chi connectivity index (χ1) is 8.66. The van der Waals surface area contributed by atoms with E-state index in [0.717, 1.165) is 49.7 Å². The van der Waals surface area contributed by atoms with E-state index in [1.807, 2.05) is 12.1 Å². The van der Waals surface area contributed by atoms with Crippen molar-refractivity contribution in [1.82, 2.24) is 15.1 Å². The molecule has 0 aromatic carbocycles. The quantitative estimate of drug-likeness (QED) is 0.900. The third-order valence-corrected chi connectivity index (χ3v) is 4.07. The molecule has 1 N–H and O–H groups in total. The van der Waals surface area contributed by atoms with Gasteiger partial charge in [0.2, 0.25) is 0 Å². The predicted octanol–water partition coefficient (Wildman–Crippen LogP) is 1.94. The molecule has 1 atom stereocenters. The Kier molecular flexibility index (Phi) is 5.24. The molecule has 0 spiro atoms. The lowest BCUT2D eigenvalue weighted by molar-refractivity contribution is 0.172. The summed E-state index contributed by atoms with van der Waals surface area (Å²) >= 11 is 3.35. The highest BCUT2D eigenvalue weighted by molar-refractivity contribution is 9.10. The Hall–Kier alpha value is -0.360. The lowest BCUT2D eigenvalue weighted by Crippen LogP contribution is -2.46. The largest absolute Gasteiger partial charge is 0.453 e. The Labute approximate surface area is 117 Å². The van der Waals surface area contributed by atoms with Crippen molar-refractivity contribution in [3.63, 3.8) is 0 Å². The van der Waals surface area contributed by atoms with Gasteiger partial charge in [-0.2, -0.15) is 0 Å². The fourth-order valence-electron chi connectivity index (χ4n) is 2.20. The van der Waals surface area contributed by atoms with Crippen molar-refractivity contribution < 1.29 is 4.42 Å². The van der Waals surface area contributed by atoms with Crippen LogP contribution in [0, 0.1) is 0 Å². The molecular weight excluding hydrogens is 294 g/mol. The molecule has 2 heterocycles. The van der Waals surface area contributed by atoms with Crippen molar-refractivity contribution in [3.05, 3.63) is 22.6 Å². The van der Waals surface area contributed by atoms with Gasteiger partial charge in [0, 0.05) is 39.3 Å². The van der Waals surface area contributed by atoms with E-state index in [1.165, 1.54) is 0 Å². The molecule has 1 aliphatic rings. The molecule has 1 aliphatic heterocycles. The smallest absolute Gasteiger partial charge is 0.169 e. The Balaban J connectivity index is 1.78. The van der Waals surface area contributed by atoms with Crippen LogP contribution in [-0.2, 0) is 0 Å². The van der Waals surface area contributed by atoms with Crippen molar-refractivity contribution in [2.24, 2.45) is 0 Å². The van der Waals surface area contributed by atoms with E-state index in [2.05, 4.69) is 45.0 Å². The second kappa shape index (κ2) is 6.70. The molecule has 0 amide bonds. The molecule has 0 saturated carbocycles. The molecule has 0 radical (unpaired) electrons. The minimum Gasteiger partial charge on any atom is -0.453 e. The van der Waals surface area contributed by atoms with Crippen molar-refractivity contribution >= 4 is 15.9 Å². The summed E-state index contributed by atoms with van der Waals surface area (Å²) in [6.45, 7) is 8.94. The zero-order valence-electron chi connectivity index (χ0n) is 11.2. The first-order valence-electron chi connectivity index (χ1n) is 6.55. The van der Waals surface area contributed by atoms with Gasteiger partial charge in [-0.1, -0.05) is 0 Å². The highest BCUT2D eigenvalue weighted by atomic mass is 79.9. The fraction of sp³-hybridized carbons (Fsp3) is 0.692. The van der Waals surface area contributed by atoms with Crippen LogP contribution < -0.4 is 5.32 Å². The van der Waals surface area contributed by atoms with Gasteiger partial charge in [0.25, 0.3) is 0 Å². The maximum absolute atomic E-state index is 5.61. The molecule has 5 heteroatoms. The Morgan fingerprint density at radius 1 is 1.44 bits per heavy atom. The predicted molar refractivity (Wildman–Crippen MR) is 76.8 cm³/mol. The van der Waals surface area contributed by atoms with Gasteiger partial charge in [0.15, 0.2) is 4.67 Å². The van der Waals surface area contributed by atoms with Crippen LogP contribution in [0.5, 0.6) is 0 Å². The second-order valence-corrected chi connectivity index (χ2v) is 5.67. The molecule has 4 nitrogen and oxygen atoms in total. The summed E-state index contributed by atoms with van der Waals surface area (Å²) in [6, 6.07) is 4.31. The Morgan fingerprint density at radius 2 is 2.17 bits per heavy atom. The zero-order valence-corrected chi connectivity index (χ0v) is 12.7. The summed E-state index contributed by atoms with van der Waals surface area (Å²) in [4.78, 5) is 4.85. The molecule has 2 rings (SSSR count). The van der Waals surface area contributed by atoms with Gasteiger partial charge in [-0.15, -0.1) is 0 Å². The fourth-order valence-corrected chi connectivity index (χ4v) is 2.52. The Morgan fingerprint density at radius 3 is 2.78 bits per heavy atom. The summed E-state index contributed by atoms with van der Waals surface area (Å²) in [5.41, 5.74) is 0. The standard InChI is InChI=1S/C13H22BrN3O/c1-11(12-3-4-13(14)18-12)16(2)9-10-17-7-5-15-6-8-17/h3-4,11,15H,5-10H2,1-2H3. The SMILES string of the molecule is CC(c1ccc(Br)o1)N(C)CCN1CCNCC1.